The van der Waals surface area contributed by atoms with Gasteiger partial charge in [0.15, 0.2) is 0 Å². The molecule has 0 aliphatic heterocycles. The topological polar surface area (TPSA) is 12.0 Å². The van der Waals surface area contributed by atoms with Crippen LogP contribution in [-0.4, -0.2) is 6.54 Å². The van der Waals surface area contributed by atoms with E-state index in [4.69, 9.17) is 0 Å². The van der Waals surface area contributed by atoms with Crippen LogP contribution in [0.5, 0.6) is 0 Å². The molecule has 90 valence electrons. The van der Waals surface area contributed by atoms with Crippen molar-refractivity contribution in [3.63, 3.8) is 0 Å². The van der Waals surface area contributed by atoms with Gasteiger partial charge in [-0.3, -0.25) is 0 Å². The lowest BCUT2D eigenvalue weighted by atomic mass is 10.0. The highest BCUT2D eigenvalue weighted by Gasteiger charge is 2.11. The molecule has 0 spiro atoms. The molecule has 1 aromatic heterocycles. The summed E-state index contributed by atoms with van der Waals surface area (Å²) in [5, 5.41) is 3.60. The second-order valence-corrected chi connectivity index (χ2v) is 7.24. The number of halogens is 1. The molecule has 1 aliphatic rings. The second kappa shape index (κ2) is 6.77. The molecule has 0 atom stereocenters. The quantitative estimate of drug-likeness (QED) is 0.803. The van der Waals surface area contributed by atoms with E-state index in [0.29, 0.717) is 0 Å². The number of nitrogens with one attached hydrogen (secondary N) is 1. The Morgan fingerprint density at radius 2 is 1.94 bits per heavy atom. The number of hydrogen-bond acceptors (Lipinski definition) is 2. The maximum Gasteiger partial charge on any atom is 0.0701 e. The molecular formula is C13H20BrNS. The molecule has 0 saturated heterocycles. The highest BCUT2D eigenvalue weighted by molar-refractivity contribution is 9.11. The van der Waals surface area contributed by atoms with Gasteiger partial charge in [-0.2, -0.15) is 0 Å². The number of rotatable bonds is 4. The van der Waals surface area contributed by atoms with Gasteiger partial charge < -0.3 is 5.32 Å². The standard InChI is InChI=1S/C13H20BrNS/c14-13-8-7-12(16-13)10-15-9-11-5-3-1-2-4-6-11/h7-8,11,15H,1-6,9-10H2. The van der Waals surface area contributed by atoms with E-state index in [0.717, 1.165) is 12.5 Å². The van der Waals surface area contributed by atoms with Gasteiger partial charge in [-0.05, 0) is 53.4 Å². The summed E-state index contributed by atoms with van der Waals surface area (Å²) in [5.74, 6) is 0.922. The summed E-state index contributed by atoms with van der Waals surface area (Å²) in [7, 11) is 0. The first-order valence-corrected chi connectivity index (χ1v) is 7.90. The molecule has 3 heteroatoms. The minimum Gasteiger partial charge on any atom is -0.312 e. The Labute approximate surface area is 111 Å². The van der Waals surface area contributed by atoms with E-state index in [1.165, 1.54) is 53.7 Å². The Kier molecular flexibility index (Phi) is 5.33. The summed E-state index contributed by atoms with van der Waals surface area (Å²) in [5.41, 5.74) is 0. The monoisotopic (exact) mass is 301 g/mol. The highest BCUT2D eigenvalue weighted by Crippen LogP contribution is 2.23. The minimum atomic E-state index is 0.922. The lowest BCUT2D eigenvalue weighted by Gasteiger charge is -2.14. The van der Waals surface area contributed by atoms with E-state index >= 15 is 0 Å². The predicted octanol–water partition coefficient (Wildman–Crippen LogP) is 4.57. The average Bonchev–Trinajstić information content (AvgIpc) is 2.54. The van der Waals surface area contributed by atoms with Gasteiger partial charge in [-0.25, -0.2) is 0 Å². The molecule has 0 aromatic carbocycles. The van der Waals surface area contributed by atoms with Crippen LogP contribution in [0.1, 0.15) is 43.4 Å². The molecule has 1 N–H and O–H groups in total. The van der Waals surface area contributed by atoms with Crippen molar-refractivity contribution in [2.45, 2.75) is 45.1 Å². The lowest BCUT2D eigenvalue weighted by molar-refractivity contribution is 0.426. The van der Waals surface area contributed by atoms with Crippen molar-refractivity contribution in [1.82, 2.24) is 5.32 Å². The van der Waals surface area contributed by atoms with Crippen molar-refractivity contribution in [3.05, 3.63) is 20.8 Å². The van der Waals surface area contributed by atoms with Crippen LogP contribution in [0.15, 0.2) is 15.9 Å². The number of hydrogen-bond donors (Lipinski definition) is 1. The van der Waals surface area contributed by atoms with E-state index in [1.54, 1.807) is 0 Å². The molecule has 0 bridgehead atoms. The summed E-state index contributed by atoms with van der Waals surface area (Å²) in [6, 6.07) is 4.34. The van der Waals surface area contributed by atoms with Crippen molar-refractivity contribution < 1.29 is 0 Å². The van der Waals surface area contributed by atoms with Gasteiger partial charge in [-0.15, -0.1) is 11.3 Å². The summed E-state index contributed by atoms with van der Waals surface area (Å²) in [6.45, 7) is 2.24. The fourth-order valence-electron chi connectivity index (χ4n) is 2.41. The summed E-state index contributed by atoms with van der Waals surface area (Å²) in [4.78, 5) is 1.43. The Morgan fingerprint density at radius 1 is 1.19 bits per heavy atom. The third-order valence-electron chi connectivity index (χ3n) is 3.34. The molecule has 2 rings (SSSR count). The molecular weight excluding hydrogens is 282 g/mol. The molecule has 0 amide bonds. The largest absolute Gasteiger partial charge is 0.312 e. The van der Waals surface area contributed by atoms with Gasteiger partial charge in [0.05, 0.1) is 3.79 Å². The summed E-state index contributed by atoms with van der Waals surface area (Å²) >= 11 is 5.33. The van der Waals surface area contributed by atoms with Crippen molar-refractivity contribution in [3.8, 4) is 0 Å². The van der Waals surface area contributed by atoms with Crippen molar-refractivity contribution in [2.75, 3.05) is 6.54 Å². The normalized spacial score (nSPS) is 18.6. The van der Waals surface area contributed by atoms with E-state index in [9.17, 15) is 0 Å². The minimum absolute atomic E-state index is 0.922. The Morgan fingerprint density at radius 3 is 2.56 bits per heavy atom. The molecule has 0 unspecified atom stereocenters. The van der Waals surface area contributed by atoms with Gasteiger partial charge in [0.1, 0.15) is 0 Å². The fraction of sp³-hybridized carbons (Fsp3) is 0.692. The van der Waals surface area contributed by atoms with Crippen LogP contribution in [0.4, 0.5) is 0 Å². The zero-order chi connectivity index (χ0) is 11.2. The molecule has 1 aromatic rings. The zero-order valence-corrected chi connectivity index (χ0v) is 12.1. The van der Waals surface area contributed by atoms with Crippen LogP contribution < -0.4 is 5.32 Å². The Bertz CT molecular complexity index is 303. The highest BCUT2D eigenvalue weighted by atomic mass is 79.9. The smallest absolute Gasteiger partial charge is 0.0701 e. The Balaban J connectivity index is 1.67. The van der Waals surface area contributed by atoms with Gasteiger partial charge in [0, 0.05) is 11.4 Å². The maximum atomic E-state index is 3.60. The predicted molar refractivity (Wildman–Crippen MR) is 74.9 cm³/mol. The van der Waals surface area contributed by atoms with E-state index < -0.39 is 0 Å². The van der Waals surface area contributed by atoms with Crippen molar-refractivity contribution in [1.29, 1.82) is 0 Å². The van der Waals surface area contributed by atoms with Gasteiger partial charge in [-0.1, -0.05) is 25.7 Å². The first-order valence-electron chi connectivity index (χ1n) is 6.29. The Hall–Kier alpha value is 0.140. The van der Waals surface area contributed by atoms with Crippen LogP contribution in [0.25, 0.3) is 0 Å². The lowest BCUT2D eigenvalue weighted by Crippen LogP contribution is -2.21. The van der Waals surface area contributed by atoms with Crippen LogP contribution in [0, 0.1) is 5.92 Å². The maximum absolute atomic E-state index is 3.60. The van der Waals surface area contributed by atoms with Gasteiger partial charge in [0.2, 0.25) is 0 Å². The SMILES string of the molecule is Brc1ccc(CNCC2CCCCCC2)s1. The summed E-state index contributed by atoms with van der Waals surface area (Å²) < 4.78 is 1.23. The first-order chi connectivity index (χ1) is 7.84. The molecule has 16 heavy (non-hydrogen) atoms. The van der Waals surface area contributed by atoms with Crippen LogP contribution in [0.3, 0.4) is 0 Å². The van der Waals surface area contributed by atoms with E-state index in [-0.39, 0.29) is 0 Å². The molecule has 1 fully saturated rings. The van der Waals surface area contributed by atoms with Gasteiger partial charge in [0.25, 0.3) is 0 Å². The van der Waals surface area contributed by atoms with Crippen LogP contribution in [-0.2, 0) is 6.54 Å². The second-order valence-electron chi connectivity index (χ2n) is 4.69. The molecule has 0 radical (unpaired) electrons. The zero-order valence-electron chi connectivity index (χ0n) is 9.68. The average molecular weight is 302 g/mol. The van der Waals surface area contributed by atoms with Gasteiger partial charge >= 0.3 is 0 Å². The van der Waals surface area contributed by atoms with Crippen LogP contribution >= 0.6 is 27.3 Å². The van der Waals surface area contributed by atoms with Crippen molar-refractivity contribution >= 4 is 27.3 Å². The first kappa shape index (κ1) is 12.6. The number of thiophene rings is 1. The summed E-state index contributed by atoms with van der Waals surface area (Å²) in [6.07, 6.45) is 8.65. The molecule has 1 heterocycles. The van der Waals surface area contributed by atoms with E-state index in [1.807, 2.05) is 11.3 Å². The molecule has 1 nitrogen and oxygen atoms in total. The van der Waals surface area contributed by atoms with E-state index in [2.05, 4.69) is 33.4 Å². The molecule has 1 aliphatic carbocycles. The third kappa shape index (κ3) is 4.19. The molecule has 1 saturated carbocycles. The van der Waals surface area contributed by atoms with Crippen molar-refractivity contribution in [2.24, 2.45) is 5.92 Å². The van der Waals surface area contributed by atoms with Crippen LogP contribution in [0.2, 0.25) is 0 Å². The fourth-order valence-corrected chi connectivity index (χ4v) is 3.87. The third-order valence-corrected chi connectivity index (χ3v) is 4.96.